The van der Waals surface area contributed by atoms with Crippen LogP contribution in [0.15, 0.2) is 36.4 Å². The third-order valence-corrected chi connectivity index (χ3v) is 3.31. The lowest BCUT2D eigenvalue weighted by atomic mass is 10.0. The number of carboxylic acids is 1. The lowest BCUT2D eigenvalue weighted by Crippen LogP contribution is -2.33. The average Bonchev–Trinajstić information content (AvgIpc) is 2.76. The molecule has 0 bridgehead atoms. The van der Waals surface area contributed by atoms with Crippen LogP contribution in [0.2, 0.25) is 0 Å². The van der Waals surface area contributed by atoms with Gasteiger partial charge in [0.05, 0.1) is 18.2 Å². The number of carbonyl (C=O) groups excluding carboxylic acids is 1. The topological polar surface area (TPSA) is 84.2 Å². The Bertz CT molecular complexity index is 665. The Balaban J connectivity index is 2.08. The fourth-order valence-corrected chi connectivity index (χ4v) is 2.32. The van der Waals surface area contributed by atoms with Gasteiger partial charge in [-0.1, -0.05) is 30.3 Å². The van der Waals surface area contributed by atoms with Gasteiger partial charge in [0, 0.05) is 5.69 Å². The number of nitrogens with zero attached hydrogens (tertiary/aromatic N) is 2. The Hall–Kier alpha value is -2.63. The van der Waals surface area contributed by atoms with E-state index in [9.17, 15) is 9.59 Å². The molecule has 0 aliphatic rings. The number of aliphatic carboxylic acids is 1. The highest BCUT2D eigenvalue weighted by atomic mass is 16.4. The zero-order valence-electron chi connectivity index (χ0n) is 12.6. The molecular weight excluding hydrogens is 282 g/mol. The molecule has 116 valence electrons. The predicted octanol–water partition coefficient (Wildman–Crippen LogP) is 1.83. The SMILES string of the molecule is Cc1cc(C)n(CC(=O)NC(CC(=O)O)c2ccccc2)n1. The molecule has 1 amide bonds. The number of rotatable bonds is 6. The summed E-state index contributed by atoms with van der Waals surface area (Å²) in [5.41, 5.74) is 2.50. The van der Waals surface area contributed by atoms with E-state index in [2.05, 4.69) is 10.4 Å². The molecule has 2 rings (SSSR count). The van der Waals surface area contributed by atoms with Crippen molar-refractivity contribution in [1.82, 2.24) is 15.1 Å². The molecule has 22 heavy (non-hydrogen) atoms. The van der Waals surface area contributed by atoms with Crippen molar-refractivity contribution in [2.24, 2.45) is 0 Å². The summed E-state index contributed by atoms with van der Waals surface area (Å²) in [6, 6.07) is 10.4. The highest BCUT2D eigenvalue weighted by molar-refractivity contribution is 5.77. The number of hydrogen-bond acceptors (Lipinski definition) is 3. The van der Waals surface area contributed by atoms with Gasteiger partial charge in [-0.05, 0) is 25.5 Å². The van der Waals surface area contributed by atoms with E-state index in [1.807, 2.05) is 38.1 Å². The fourth-order valence-electron chi connectivity index (χ4n) is 2.32. The molecule has 1 unspecified atom stereocenters. The second-order valence-electron chi connectivity index (χ2n) is 5.21. The van der Waals surface area contributed by atoms with Crippen LogP contribution >= 0.6 is 0 Å². The van der Waals surface area contributed by atoms with Gasteiger partial charge in [-0.2, -0.15) is 5.10 Å². The largest absolute Gasteiger partial charge is 0.481 e. The van der Waals surface area contributed by atoms with Gasteiger partial charge in [0.15, 0.2) is 0 Å². The zero-order valence-corrected chi connectivity index (χ0v) is 12.6. The van der Waals surface area contributed by atoms with Crippen LogP contribution in [0.4, 0.5) is 0 Å². The van der Waals surface area contributed by atoms with Crippen molar-refractivity contribution in [1.29, 1.82) is 0 Å². The van der Waals surface area contributed by atoms with E-state index in [0.29, 0.717) is 0 Å². The number of hydrogen-bond donors (Lipinski definition) is 2. The monoisotopic (exact) mass is 301 g/mol. The molecule has 2 N–H and O–H groups in total. The van der Waals surface area contributed by atoms with E-state index in [0.717, 1.165) is 17.0 Å². The molecular formula is C16H19N3O3. The van der Waals surface area contributed by atoms with Crippen LogP contribution in [0.1, 0.15) is 29.4 Å². The molecule has 1 atom stereocenters. The maximum absolute atomic E-state index is 12.2. The van der Waals surface area contributed by atoms with Crippen molar-refractivity contribution < 1.29 is 14.7 Å². The number of nitrogens with one attached hydrogen (secondary N) is 1. The lowest BCUT2D eigenvalue weighted by molar-refractivity contribution is -0.137. The summed E-state index contributed by atoms with van der Waals surface area (Å²) in [7, 11) is 0. The fraction of sp³-hybridized carbons (Fsp3) is 0.312. The zero-order chi connectivity index (χ0) is 16.1. The molecule has 1 heterocycles. The molecule has 0 saturated carbocycles. The molecule has 0 fully saturated rings. The molecule has 0 saturated heterocycles. The van der Waals surface area contributed by atoms with Crippen LogP contribution in [0.3, 0.4) is 0 Å². The first kappa shape index (κ1) is 15.8. The smallest absolute Gasteiger partial charge is 0.305 e. The summed E-state index contributed by atoms with van der Waals surface area (Å²) >= 11 is 0. The molecule has 6 heteroatoms. The number of benzene rings is 1. The second kappa shape index (κ2) is 6.89. The van der Waals surface area contributed by atoms with Crippen LogP contribution in [0, 0.1) is 13.8 Å². The van der Waals surface area contributed by atoms with Crippen LogP contribution in [-0.4, -0.2) is 26.8 Å². The Labute approximate surface area is 128 Å². The minimum atomic E-state index is -0.958. The molecule has 6 nitrogen and oxygen atoms in total. The molecule has 0 aliphatic heterocycles. The number of carbonyl (C=O) groups is 2. The van der Waals surface area contributed by atoms with Gasteiger partial charge in [-0.3, -0.25) is 14.3 Å². The van der Waals surface area contributed by atoms with E-state index in [1.165, 1.54) is 0 Å². The Morgan fingerprint density at radius 1 is 1.27 bits per heavy atom. The molecule has 0 aliphatic carbocycles. The Kier molecular flexibility index (Phi) is 4.93. The van der Waals surface area contributed by atoms with Crippen LogP contribution in [-0.2, 0) is 16.1 Å². The normalized spacial score (nSPS) is 11.9. The highest BCUT2D eigenvalue weighted by Crippen LogP contribution is 2.16. The minimum Gasteiger partial charge on any atom is -0.481 e. The molecule has 2 aromatic rings. The summed E-state index contributed by atoms with van der Waals surface area (Å²) in [6.45, 7) is 3.81. The van der Waals surface area contributed by atoms with Gasteiger partial charge < -0.3 is 10.4 Å². The predicted molar refractivity (Wildman–Crippen MR) is 81.3 cm³/mol. The summed E-state index contributed by atoms with van der Waals surface area (Å²) in [4.78, 5) is 23.2. The third kappa shape index (κ3) is 4.18. The van der Waals surface area contributed by atoms with Gasteiger partial charge in [-0.25, -0.2) is 0 Å². The van der Waals surface area contributed by atoms with E-state index in [4.69, 9.17) is 5.11 Å². The molecule has 1 aromatic carbocycles. The van der Waals surface area contributed by atoms with E-state index in [-0.39, 0.29) is 18.9 Å². The van der Waals surface area contributed by atoms with Gasteiger partial charge in [-0.15, -0.1) is 0 Å². The van der Waals surface area contributed by atoms with Crippen molar-refractivity contribution in [3.63, 3.8) is 0 Å². The minimum absolute atomic E-state index is 0.0720. The quantitative estimate of drug-likeness (QED) is 0.852. The summed E-state index contributed by atoms with van der Waals surface area (Å²) in [6.07, 6.45) is -0.160. The highest BCUT2D eigenvalue weighted by Gasteiger charge is 2.18. The van der Waals surface area contributed by atoms with Crippen molar-refractivity contribution in [3.05, 3.63) is 53.3 Å². The van der Waals surface area contributed by atoms with Gasteiger partial charge >= 0.3 is 5.97 Å². The molecule has 0 spiro atoms. The van der Waals surface area contributed by atoms with Crippen LogP contribution in [0.5, 0.6) is 0 Å². The van der Waals surface area contributed by atoms with Crippen molar-refractivity contribution in [2.45, 2.75) is 32.9 Å². The maximum atomic E-state index is 12.2. The van der Waals surface area contributed by atoms with Crippen LogP contribution in [0.25, 0.3) is 0 Å². The average molecular weight is 301 g/mol. The van der Waals surface area contributed by atoms with E-state index < -0.39 is 12.0 Å². The summed E-state index contributed by atoms with van der Waals surface area (Å²) in [5, 5.41) is 16.0. The first-order chi connectivity index (χ1) is 10.5. The maximum Gasteiger partial charge on any atom is 0.305 e. The first-order valence-corrected chi connectivity index (χ1v) is 7.03. The second-order valence-corrected chi connectivity index (χ2v) is 5.21. The van der Waals surface area contributed by atoms with Crippen molar-refractivity contribution >= 4 is 11.9 Å². The van der Waals surface area contributed by atoms with Gasteiger partial charge in [0.1, 0.15) is 6.54 Å². The Morgan fingerprint density at radius 3 is 2.50 bits per heavy atom. The standard InChI is InChI=1S/C16H19N3O3/c1-11-8-12(2)19(18-11)10-15(20)17-14(9-16(21)22)13-6-4-3-5-7-13/h3-8,14H,9-10H2,1-2H3,(H,17,20)(H,21,22). The molecule has 0 radical (unpaired) electrons. The summed E-state index contributed by atoms with van der Waals surface area (Å²) < 4.78 is 1.60. The molecule has 1 aromatic heterocycles. The lowest BCUT2D eigenvalue weighted by Gasteiger charge is -2.17. The first-order valence-electron chi connectivity index (χ1n) is 7.03. The van der Waals surface area contributed by atoms with Gasteiger partial charge in [0.2, 0.25) is 5.91 Å². The van der Waals surface area contributed by atoms with E-state index >= 15 is 0 Å². The van der Waals surface area contributed by atoms with Crippen molar-refractivity contribution in [3.8, 4) is 0 Å². The van der Waals surface area contributed by atoms with Gasteiger partial charge in [0.25, 0.3) is 0 Å². The third-order valence-electron chi connectivity index (χ3n) is 3.31. The van der Waals surface area contributed by atoms with E-state index in [1.54, 1.807) is 16.8 Å². The number of aromatic nitrogens is 2. The van der Waals surface area contributed by atoms with Crippen LogP contribution < -0.4 is 5.32 Å². The Morgan fingerprint density at radius 2 is 1.95 bits per heavy atom. The van der Waals surface area contributed by atoms with Crippen molar-refractivity contribution in [2.75, 3.05) is 0 Å². The number of amides is 1. The number of aryl methyl sites for hydroxylation is 2. The summed E-state index contributed by atoms with van der Waals surface area (Å²) in [5.74, 6) is -1.22. The number of carboxylic acid groups (broad SMARTS) is 1.